The number of hydrogen-bond donors (Lipinski definition) is 1. The first-order valence-electron chi connectivity index (χ1n) is 9.04. The van der Waals surface area contributed by atoms with E-state index in [0.717, 1.165) is 18.4 Å². The first-order chi connectivity index (χ1) is 13.5. The fourth-order valence-electron chi connectivity index (χ4n) is 2.88. The molecule has 1 N–H and O–H groups in total. The molecule has 0 unspecified atom stereocenters. The van der Waals surface area contributed by atoms with Crippen LogP contribution in [0, 0.1) is 0 Å². The summed E-state index contributed by atoms with van der Waals surface area (Å²) in [6.45, 7) is 2.64. The molecule has 2 rings (SSSR count). The van der Waals surface area contributed by atoms with Crippen LogP contribution in [-0.2, 0) is 16.2 Å². The zero-order valence-corrected chi connectivity index (χ0v) is 17.0. The lowest BCUT2D eigenvalue weighted by atomic mass is 9.98. The van der Waals surface area contributed by atoms with Gasteiger partial charge in [-0.2, -0.15) is 13.2 Å². The minimum absolute atomic E-state index is 0.270. The van der Waals surface area contributed by atoms with Crippen LogP contribution in [0.5, 0.6) is 0 Å². The second kappa shape index (κ2) is 9.41. The Morgan fingerprint density at radius 1 is 1.07 bits per heavy atom. The van der Waals surface area contributed by atoms with Crippen LogP contribution < -0.4 is 5.32 Å². The van der Waals surface area contributed by atoms with Crippen molar-refractivity contribution in [3.8, 4) is 11.1 Å². The van der Waals surface area contributed by atoms with Gasteiger partial charge in [0.05, 0.1) is 11.8 Å². The molecule has 5 nitrogen and oxygen atoms in total. The minimum atomic E-state index is -4.42. The molecule has 0 bridgehead atoms. The van der Waals surface area contributed by atoms with E-state index in [1.54, 1.807) is 31.2 Å². The highest BCUT2D eigenvalue weighted by molar-refractivity contribution is 7.88. The first kappa shape index (κ1) is 22.9. The van der Waals surface area contributed by atoms with E-state index in [2.05, 4.69) is 5.32 Å². The van der Waals surface area contributed by atoms with Crippen molar-refractivity contribution >= 4 is 15.9 Å². The number of benzene rings is 2. The van der Waals surface area contributed by atoms with E-state index in [-0.39, 0.29) is 19.0 Å². The third-order valence-corrected chi connectivity index (χ3v) is 5.77. The summed E-state index contributed by atoms with van der Waals surface area (Å²) in [5.41, 5.74) is 0.597. The van der Waals surface area contributed by atoms with Crippen molar-refractivity contribution in [3.63, 3.8) is 0 Å². The summed E-state index contributed by atoms with van der Waals surface area (Å²) in [5.74, 6) is -0.372. The number of amides is 1. The molecule has 0 spiro atoms. The van der Waals surface area contributed by atoms with Crippen molar-refractivity contribution in [2.45, 2.75) is 19.5 Å². The number of alkyl halides is 3. The van der Waals surface area contributed by atoms with Gasteiger partial charge < -0.3 is 5.32 Å². The third-order valence-electron chi connectivity index (χ3n) is 4.39. The summed E-state index contributed by atoms with van der Waals surface area (Å²) in [4.78, 5) is 12.6. The number of nitrogens with zero attached hydrogens (tertiary/aromatic N) is 1. The summed E-state index contributed by atoms with van der Waals surface area (Å²) in [6.07, 6.45) is -2.85. The highest BCUT2D eigenvalue weighted by atomic mass is 32.2. The minimum Gasteiger partial charge on any atom is -0.352 e. The van der Waals surface area contributed by atoms with E-state index >= 15 is 0 Å². The van der Waals surface area contributed by atoms with E-state index < -0.39 is 21.8 Å². The van der Waals surface area contributed by atoms with Crippen molar-refractivity contribution in [3.05, 3.63) is 59.7 Å². The van der Waals surface area contributed by atoms with Crippen molar-refractivity contribution in [2.24, 2.45) is 0 Å². The fourth-order valence-corrected chi connectivity index (χ4v) is 3.81. The van der Waals surface area contributed by atoms with Gasteiger partial charge in [-0.1, -0.05) is 37.3 Å². The van der Waals surface area contributed by atoms with Gasteiger partial charge in [-0.3, -0.25) is 4.79 Å². The summed E-state index contributed by atoms with van der Waals surface area (Å²) in [6, 6.07) is 11.3. The molecule has 1 amide bonds. The normalized spacial score (nSPS) is 12.2. The molecule has 29 heavy (non-hydrogen) atoms. The Morgan fingerprint density at radius 2 is 1.69 bits per heavy atom. The molecule has 0 saturated carbocycles. The van der Waals surface area contributed by atoms with Crippen LogP contribution in [-0.4, -0.2) is 44.5 Å². The maximum absolute atomic E-state index is 12.8. The van der Waals surface area contributed by atoms with E-state index in [0.29, 0.717) is 29.7 Å². The maximum Gasteiger partial charge on any atom is 0.416 e. The molecule has 0 aliphatic heterocycles. The van der Waals surface area contributed by atoms with E-state index in [1.807, 2.05) is 0 Å². The fraction of sp³-hybridized carbons (Fsp3) is 0.350. The number of sulfonamides is 1. The van der Waals surface area contributed by atoms with Gasteiger partial charge in [0.15, 0.2) is 0 Å². The van der Waals surface area contributed by atoms with Crippen LogP contribution in [0.4, 0.5) is 13.2 Å². The molecule has 0 aliphatic carbocycles. The van der Waals surface area contributed by atoms with E-state index in [1.165, 1.54) is 16.4 Å². The lowest BCUT2D eigenvalue weighted by Gasteiger charge is -2.17. The van der Waals surface area contributed by atoms with Crippen molar-refractivity contribution < 1.29 is 26.4 Å². The van der Waals surface area contributed by atoms with Gasteiger partial charge >= 0.3 is 6.18 Å². The zero-order chi connectivity index (χ0) is 21.7. The van der Waals surface area contributed by atoms with Crippen LogP contribution in [0.3, 0.4) is 0 Å². The van der Waals surface area contributed by atoms with Crippen LogP contribution in [0.25, 0.3) is 11.1 Å². The zero-order valence-electron chi connectivity index (χ0n) is 16.2. The van der Waals surface area contributed by atoms with Crippen LogP contribution in [0.2, 0.25) is 0 Å². The lowest BCUT2D eigenvalue weighted by Crippen LogP contribution is -2.33. The van der Waals surface area contributed by atoms with Crippen LogP contribution in [0.15, 0.2) is 48.5 Å². The summed E-state index contributed by atoms with van der Waals surface area (Å²) >= 11 is 0. The van der Waals surface area contributed by atoms with Gasteiger partial charge in [0, 0.05) is 25.2 Å². The van der Waals surface area contributed by atoms with Gasteiger partial charge in [-0.25, -0.2) is 12.7 Å². The molecule has 2 aromatic carbocycles. The standard InChI is InChI=1S/C20H23F3N2O3S/c1-3-25(29(2,27)28)14-6-13-24-19(26)18-8-5-4-7-17(18)15-9-11-16(12-10-15)20(21,22)23/h4-5,7-12H,3,6,13-14H2,1-2H3,(H,24,26). The maximum atomic E-state index is 12.8. The summed E-state index contributed by atoms with van der Waals surface area (Å²) in [7, 11) is -3.28. The summed E-state index contributed by atoms with van der Waals surface area (Å²) in [5, 5.41) is 2.74. The predicted molar refractivity (Wildman–Crippen MR) is 106 cm³/mol. The van der Waals surface area contributed by atoms with Crippen molar-refractivity contribution in [1.29, 1.82) is 0 Å². The van der Waals surface area contributed by atoms with Gasteiger partial charge in [0.25, 0.3) is 5.91 Å². The number of carbonyl (C=O) groups is 1. The van der Waals surface area contributed by atoms with Gasteiger partial charge in [0.2, 0.25) is 10.0 Å². The highest BCUT2D eigenvalue weighted by Gasteiger charge is 2.30. The van der Waals surface area contributed by atoms with Gasteiger partial charge in [0.1, 0.15) is 0 Å². The Bertz CT molecular complexity index is 942. The van der Waals surface area contributed by atoms with Gasteiger partial charge in [-0.05, 0) is 35.7 Å². The Morgan fingerprint density at radius 3 is 2.24 bits per heavy atom. The van der Waals surface area contributed by atoms with Gasteiger partial charge in [-0.15, -0.1) is 0 Å². The lowest BCUT2D eigenvalue weighted by molar-refractivity contribution is -0.137. The van der Waals surface area contributed by atoms with Crippen molar-refractivity contribution in [2.75, 3.05) is 25.9 Å². The van der Waals surface area contributed by atoms with E-state index in [4.69, 9.17) is 0 Å². The Labute approximate surface area is 168 Å². The Hall–Kier alpha value is -2.39. The smallest absolute Gasteiger partial charge is 0.352 e. The monoisotopic (exact) mass is 428 g/mol. The Kier molecular flexibility index (Phi) is 7.43. The average molecular weight is 428 g/mol. The second-order valence-electron chi connectivity index (χ2n) is 6.48. The molecule has 0 atom stereocenters. The number of halogens is 3. The molecule has 2 aromatic rings. The van der Waals surface area contributed by atoms with Crippen LogP contribution >= 0.6 is 0 Å². The molecule has 0 radical (unpaired) electrons. The molecule has 0 aromatic heterocycles. The molecule has 158 valence electrons. The Balaban J connectivity index is 2.07. The highest BCUT2D eigenvalue weighted by Crippen LogP contribution is 2.31. The molecule has 0 saturated heterocycles. The largest absolute Gasteiger partial charge is 0.416 e. The molecular formula is C20H23F3N2O3S. The SMILES string of the molecule is CCN(CCCNC(=O)c1ccccc1-c1ccc(C(F)(F)F)cc1)S(C)(=O)=O. The van der Waals surface area contributed by atoms with E-state index in [9.17, 15) is 26.4 Å². The molecule has 9 heteroatoms. The molecule has 0 aliphatic rings. The molecule has 0 fully saturated rings. The van der Waals surface area contributed by atoms with Crippen LogP contribution in [0.1, 0.15) is 29.3 Å². The third kappa shape index (κ3) is 6.30. The number of rotatable bonds is 8. The number of hydrogen-bond acceptors (Lipinski definition) is 3. The molecular weight excluding hydrogens is 405 g/mol. The predicted octanol–water partition coefficient (Wildman–Crippen LogP) is 3.77. The summed E-state index contributed by atoms with van der Waals surface area (Å²) < 4.78 is 62.7. The number of carbonyl (C=O) groups excluding carboxylic acids is 1. The van der Waals surface area contributed by atoms with Crippen molar-refractivity contribution in [1.82, 2.24) is 9.62 Å². The second-order valence-corrected chi connectivity index (χ2v) is 8.47. The first-order valence-corrected chi connectivity index (χ1v) is 10.9. The molecule has 0 heterocycles. The quantitative estimate of drug-likeness (QED) is 0.651. The number of nitrogens with one attached hydrogen (secondary N) is 1. The average Bonchev–Trinajstić information content (AvgIpc) is 2.66. The topological polar surface area (TPSA) is 66.5 Å².